The second-order valence-electron chi connectivity index (χ2n) is 4.51. The first-order valence-electron chi connectivity index (χ1n) is 5.22. The second kappa shape index (κ2) is 5.24. The minimum Gasteiger partial charge on any atom is -0.324 e. The van der Waals surface area contributed by atoms with Crippen LogP contribution in [0.15, 0.2) is 24.3 Å². The predicted molar refractivity (Wildman–Crippen MR) is 61.2 cm³/mol. The van der Waals surface area contributed by atoms with E-state index in [0.717, 1.165) is 18.7 Å². The fourth-order valence-corrected chi connectivity index (χ4v) is 1.33. The van der Waals surface area contributed by atoms with Crippen LogP contribution >= 0.6 is 0 Å². The van der Waals surface area contributed by atoms with Gasteiger partial charge in [0.05, 0.1) is 0 Å². The van der Waals surface area contributed by atoms with Crippen molar-refractivity contribution < 1.29 is 4.39 Å². The number of rotatable bonds is 5. The summed E-state index contributed by atoms with van der Waals surface area (Å²) in [5.41, 5.74) is 6.35. The number of hydrogen-bond acceptors (Lipinski definition) is 2. The summed E-state index contributed by atoms with van der Waals surface area (Å²) in [5.74, 6) is -0.133. The molecule has 0 aliphatic rings. The number of hydrogen-bond donors (Lipinski definition) is 2. The van der Waals surface area contributed by atoms with Crippen LogP contribution in [0, 0.1) is 5.82 Å². The van der Waals surface area contributed by atoms with Gasteiger partial charge in [-0.15, -0.1) is 0 Å². The third-order valence-corrected chi connectivity index (χ3v) is 2.11. The zero-order valence-electron chi connectivity index (χ0n) is 9.39. The Balaban J connectivity index is 2.30. The lowest BCUT2D eigenvalue weighted by molar-refractivity contribution is 0.467. The summed E-state index contributed by atoms with van der Waals surface area (Å²) in [6.07, 6.45) is 0.697. The number of halogens is 1. The van der Waals surface area contributed by atoms with Crippen molar-refractivity contribution in [3.05, 3.63) is 35.6 Å². The predicted octanol–water partition coefficient (Wildman–Crippen LogP) is 1.70. The van der Waals surface area contributed by atoms with Crippen molar-refractivity contribution in [2.45, 2.75) is 25.8 Å². The average Bonchev–Trinajstić information content (AvgIpc) is 2.13. The van der Waals surface area contributed by atoms with E-state index in [2.05, 4.69) is 5.32 Å². The standard InChI is InChI=1S/C12H19FN2/c1-12(2,14)9-15-8-7-10-5-3-4-6-11(10)13/h3-6,15H,7-9,14H2,1-2H3. The van der Waals surface area contributed by atoms with E-state index in [9.17, 15) is 4.39 Å². The highest BCUT2D eigenvalue weighted by molar-refractivity contribution is 5.17. The van der Waals surface area contributed by atoms with E-state index >= 15 is 0 Å². The van der Waals surface area contributed by atoms with Gasteiger partial charge in [0.1, 0.15) is 5.82 Å². The van der Waals surface area contributed by atoms with Gasteiger partial charge >= 0.3 is 0 Å². The van der Waals surface area contributed by atoms with Crippen LogP contribution in [0.3, 0.4) is 0 Å². The third kappa shape index (κ3) is 4.91. The number of nitrogens with two attached hydrogens (primary N) is 1. The van der Waals surface area contributed by atoms with Crippen molar-refractivity contribution in [3.63, 3.8) is 0 Å². The first-order chi connectivity index (χ1) is 6.99. The monoisotopic (exact) mass is 210 g/mol. The van der Waals surface area contributed by atoms with Crippen molar-refractivity contribution in [3.8, 4) is 0 Å². The van der Waals surface area contributed by atoms with Gasteiger partial charge in [-0.3, -0.25) is 0 Å². The molecule has 15 heavy (non-hydrogen) atoms. The van der Waals surface area contributed by atoms with Crippen LogP contribution in [0.2, 0.25) is 0 Å². The highest BCUT2D eigenvalue weighted by atomic mass is 19.1. The molecule has 0 heterocycles. The zero-order chi connectivity index (χ0) is 11.3. The molecular weight excluding hydrogens is 191 g/mol. The first kappa shape index (κ1) is 12.1. The molecule has 1 rings (SSSR count). The fraction of sp³-hybridized carbons (Fsp3) is 0.500. The highest BCUT2D eigenvalue weighted by Gasteiger charge is 2.09. The molecule has 0 atom stereocenters. The molecule has 0 spiro atoms. The molecule has 0 aromatic heterocycles. The molecule has 3 heteroatoms. The smallest absolute Gasteiger partial charge is 0.126 e. The summed E-state index contributed by atoms with van der Waals surface area (Å²) in [4.78, 5) is 0. The summed E-state index contributed by atoms with van der Waals surface area (Å²) >= 11 is 0. The molecule has 0 aliphatic heterocycles. The Morgan fingerprint density at radius 2 is 2.00 bits per heavy atom. The molecule has 0 aliphatic carbocycles. The van der Waals surface area contributed by atoms with Gasteiger partial charge in [0.15, 0.2) is 0 Å². The Labute approximate surface area is 90.7 Å². The Hall–Kier alpha value is -0.930. The summed E-state index contributed by atoms with van der Waals surface area (Å²) in [5, 5.41) is 3.21. The molecule has 0 bridgehead atoms. The number of benzene rings is 1. The lowest BCUT2D eigenvalue weighted by Crippen LogP contribution is -2.43. The van der Waals surface area contributed by atoms with Gasteiger partial charge in [0, 0.05) is 12.1 Å². The Kier molecular flexibility index (Phi) is 4.24. The molecule has 3 N–H and O–H groups in total. The van der Waals surface area contributed by atoms with Crippen LogP contribution in [0.4, 0.5) is 4.39 Å². The minimum absolute atomic E-state index is 0.133. The molecule has 84 valence electrons. The molecule has 0 saturated heterocycles. The summed E-state index contributed by atoms with van der Waals surface area (Å²) in [6.45, 7) is 5.41. The van der Waals surface area contributed by atoms with Crippen molar-refractivity contribution in [1.82, 2.24) is 5.32 Å². The molecule has 0 fully saturated rings. The molecule has 0 radical (unpaired) electrons. The van der Waals surface area contributed by atoms with Gasteiger partial charge < -0.3 is 11.1 Å². The topological polar surface area (TPSA) is 38.0 Å². The largest absolute Gasteiger partial charge is 0.324 e. The maximum Gasteiger partial charge on any atom is 0.126 e. The maximum absolute atomic E-state index is 13.2. The van der Waals surface area contributed by atoms with Gasteiger partial charge in [-0.25, -0.2) is 4.39 Å². The Morgan fingerprint density at radius 3 is 2.60 bits per heavy atom. The van der Waals surface area contributed by atoms with E-state index in [1.54, 1.807) is 6.07 Å². The van der Waals surface area contributed by atoms with Crippen LogP contribution < -0.4 is 11.1 Å². The molecule has 1 aromatic rings. The molecule has 0 saturated carbocycles. The van der Waals surface area contributed by atoms with E-state index in [1.165, 1.54) is 6.07 Å². The molecule has 2 nitrogen and oxygen atoms in total. The van der Waals surface area contributed by atoms with Crippen LogP contribution in [-0.2, 0) is 6.42 Å². The van der Waals surface area contributed by atoms with Gasteiger partial charge in [-0.1, -0.05) is 18.2 Å². The zero-order valence-corrected chi connectivity index (χ0v) is 9.39. The fourth-order valence-electron chi connectivity index (χ4n) is 1.33. The van der Waals surface area contributed by atoms with Crippen molar-refractivity contribution in [2.75, 3.05) is 13.1 Å². The molecule has 1 aromatic carbocycles. The number of nitrogens with one attached hydrogen (secondary N) is 1. The summed E-state index contributed by atoms with van der Waals surface area (Å²) in [7, 11) is 0. The van der Waals surface area contributed by atoms with Crippen LogP contribution in [0.1, 0.15) is 19.4 Å². The molecule has 0 unspecified atom stereocenters. The average molecular weight is 210 g/mol. The van der Waals surface area contributed by atoms with Gasteiger partial charge in [-0.2, -0.15) is 0 Å². The molecule has 0 amide bonds. The van der Waals surface area contributed by atoms with Crippen molar-refractivity contribution in [1.29, 1.82) is 0 Å². The van der Waals surface area contributed by atoms with E-state index in [1.807, 2.05) is 26.0 Å². The van der Waals surface area contributed by atoms with Crippen LogP contribution in [0.5, 0.6) is 0 Å². The van der Waals surface area contributed by atoms with Gasteiger partial charge in [0.2, 0.25) is 0 Å². The van der Waals surface area contributed by atoms with Crippen molar-refractivity contribution in [2.24, 2.45) is 5.73 Å². The second-order valence-corrected chi connectivity index (χ2v) is 4.51. The summed E-state index contributed by atoms with van der Waals surface area (Å²) < 4.78 is 13.2. The minimum atomic E-state index is -0.213. The Morgan fingerprint density at radius 1 is 1.33 bits per heavy atom. The Bertz CT molecular complexity index is 305. The van der Waals surface area contributed by atoms with Crippen LogP contribution in [0.25, 0.3) is 0 Å². The van der Waals surface area contributed by atoms with Gasteiger partial charge in [-0.05, 0) is 38.4 Å². The first-order valence-corrected chi connectivity index (χ1v) is 5.22. The molecular formula is C12H19FN2. The van der Waals surface area contributed by atoms with E-state index in [4.69, 9.17) is 5.73 Å². The third-order valence-electron chi connectivity index (χ3n) is 2.11. The van der Waals surface area contributed by atoms with Crippen molar-refractivity contribution >= 4 is 0 Å². The van der Waals surface area contributed by atoms with E-state index in [0.29, 0.717) is 6.42 Å². The lowest BCUT2D eigenvalue weighted by Gasteiger charge is -2.18. The summed E-state index contributed by atoms with van der Waals surface area (Å²) in [6, 6.07) is 6.85. The van der Waals surface area contributed by atoms with E-state index in [-0.39, 0.29) is 11.4 Å². The lowest BCUT2D eigenvalue weighted by atomic mass is 10.1. The quantitative estimate of drug-likeness (QED) is 0.726. The SMILES string of the molecule is CC(C)(N)CNCCc1ccccc1F. The highest BCUT2D eigenvalue weighted by Crippen LogP contribution is 2.06. The van der Waals surface area contributed by atoms with E-state index < -0.39 is 0 Å². The normalized spacial score (nSPS) is 11.7. The van der Waals surface area contributed by atoms with Crippen LogP contribution in [-0.4, -0.2) is 18.6 Å². The maximum atomic E-state index is 13.2. The van der Waals surface area contributed by atoms with Gasteiger partial charge in [0.25, 0.3) is 0 Å².